The second-order valence-corrected chi connectivity index (χ2v) is 5.22. The van der Waals surface area contributed by atoms with Gasteiger partial charge in [0.15, 0.2) is 0 Å². The monoisotopic (exact) mass is 301 g/mol. The van der Waals surface area contributed by atoms with Crippen LogP contribution in [0.15, 0.2) is 30.7 Å². The summed E-state index contributed by atoms with van der Waals surface area (Å²) in [6.07, 6.45) is 6.92. The van der Waals surface area contributed by atoms with Gasteiger partial charge in [-0.05, 0) is 25.0 Å². The number of hydrogen-bond acceptors (Lipinski definition) is 5. The van der Waals surface area contributed by atoms with Crippen LogP contribution in [0, 0.1) is 0 Å². The van der Waals surface area contributed by atoms with Crippen molar-refractivity contribution < 1.29 is 4.79 Å². The number of hydrogen-bond donors (Lipinski definition) is 3. The number of piperidine rings is 1. The predicted octanol–water partition coefficient (Wildman–Crippen LogP) is 0.668. The molecule has 2 amide bonds. The number of amides is 2. The topological polar surface area (TPSA) is 98.8 Å². The van der Waals surface area contributed by atoms with Crippen LogP contribution < -0.4 is 15.5 Å². The molecule has 2 aromatic heterocycles. The number of aromatic amines is 1. The second-order valence-electron chi connectivity index (χ2n) is 5.22. The van der Waals surface area contributed by atoms with Crippen molar-refractivity contribution in [2.45, 2.75) is 25.4 Å². The summed E-state index contributed by atoms with van der Waals surface area (Å²) < 4.78 is 0. The molecule has 0 aromatic carbocycles. The first kappa shape index (κ1) is 14.3. The lowest BCUT2D eigenvalue weighted by atomic mass is 10.1. The van der Waals surface area contributed by atoms with Crippen LogP contribution in [-0.4, -0.2) is 45.3 Å². The normalized spacial score (nSPS) is 15.5. The van der Waals surface area contributed by atoms with Gasteiger partial charge in [-0.1, -0.05) is 0 Å². The highest BCUT2D eigenvalue weighted by atomic mass is 16.2. The highest BCUT2D eigenvalue weighted by Crippen LogP contribution is 2.15. The molecule has 8 heteroatoms. The molecular weight excluding hydrogens is 282 g/mol. The molecule has 0 spiro atoms. The largest absolute Gasteiger partial charge is 0.341 e. The van der Waals surface area contributed by atoms with E-state index in [4.69, 9.17) is 0 Å². The van der Waals surface area contributed by atoms with E-state index in [9.17, 15) is 4.79 Å². The van der Waals surface area contributed by atoms with E-state index in [2.05, 4.69) is 35.7 Å². The minimum Gasteiger partial charge on any atom is -0.341 e. The van der Waals surface area contributed by atoms with Gasteiger partial charge < -0.3 is 15.5 Å². The minimum absolute atomic E-state index is 0.149. The molecule has 0 unspecified atom stereocenters. The van der Waals surface area contributed by atoms with E-state index in [1.807, 2.05) is 12.1 Å². The van der Waals surface area contributed by atoms with Crippen LogP contribution in [0.4, 0.5) is 10.7 Å². The molecule has 22 heavy (non-hydrogen) atoms. The number of nitrogens with one attached hydrogen (secondary N) is 3. The van der Waals surface area contributed by atoms with Crippen molar-refractivity contribution in [3.8, 4) is 0 Å². The van der Waals surface area contributed by atoms with Crippen molar-refractivity contribution in [2.24, 2.45) is 0 Å². The molecule has 8 nitrogen and oxygen atoms in total. The van der Waals surface area contributed by atoms with Crippen molar-refractivity contribution in [1.29, 1.82) is 0 Å². The number of carbonyl (C=O) groups is 1. The SMILES string of the molecule is O=C(NCc1ccn[nH]1)NC1CCN(c2ncccn2)CC1. The fourth-order valence-corrected chi connectivity index (χ4v) is 2.47. The summed E-state index contributed by atoms with van der Waals surface area (Å²) in [5.41, 5.74) is 0.881. The quantitative estimate of drug-likeness (QED) is 0.771. The Bertz CT molecular complexity index is 579. The Morgan fingerprint density at radius 2 is 2.05 bits per heavy atom. The molecule has 1 fully saturated rings. The van der Waals surface area contributed by atoms with E-state index in [1.54, 1.807) is 18.6 Å². The van der Waals surface area contributed by atoms with Crippen LogP contribution in [0.2, 0.25) is 0 Å². The lowest BCUT2D eigenvalue weighted by molar-refractivity contribution is 0.234. The fourth-order valence-electron chi connectivity index (χ4n) is 2.47. The molecular formula is C14H19N7O. The van der Waals surface area contributed by atoms with Gasteiger partial charge in [0.05, 0.1) is 12.2 Å². The number of H-pyrrole nitrogens is 1. The van der Waals surface area contributed by atoms with Gasteiger partial charge in [-0.3, -0.25) is 5.10 Å². The van der Waals surface area contributed by atoms with Gasteiger partial charge in [0, 0.05) is 37.7 Å². The lowest BCUT2D eigenvalue weighted by Gasteiger charge is -2.32. The fraction of sp³-hybridized carbons (Fsp3) is 0.429. The Morgan fingerprint density at radius 3 is 2.73 bits per heavy atom. The highest BCUT2D eigenvalue weighted by molar-refractivity contribution is 5.74. The number of rotatable bonds is 4. The Hall–Kier alpha value is -2.64. The first-order valence-electron chi connectivity index (χ1n) is 7.36. The van der Waals surface area contributed by atoms with Gasteiger partial charge in [-0.15, -0.1) is 0 Å². The van der Waals surface area contributed by atoms with Gasteiger partial charge in [-0.2, -0.15) is 5.10 Å². The smallest absolute Gasteiger partial charge is 0.315 e. The van der Waals surface area contributed by atoms with Gasteiger partial charge in [0.2, 0.25) is 5.95 Å². The molecule has 0 atom stereocenters. The number of aromatic nitrogens is 4. The van der Waals surface area contributed by atoms with Gasteiger partial charge >= 0.3 is 6.03 Å². The molecule has 0 saturated carbocycles. The summed E-state index contributed by atoms with van der Waals surface area (Å²) in [6.45, 7) is 2.13. The first-order chi connectivity index (χ1) is 10.8. The number of nitrogens with zero attached hydrogens (tertiary/aromatic N) is 4. The molecule has 2 aromatic rings. The van der Waals surface area contributed by atoms with Gasteiger partial charge in [0.25, 0.3) is 0 Å². The molecule has 0 aliphatic carbocycles. The van der Waals surface area contributed by atoms with Crippen LogP contribution in [0.3, 0.4) is 0 Å². The standard InChI is InChI=1S/C14H19N7O/c22-14(17-10-12-2-7-18-20-12)19-11-3-8-21(9-4-11)13-15-5-1-6-16-13/h1-2,5-7,11H,3-4,8-10H2,(H,18,20)(H2,17,19,22). The van der Waals surface area contributed by atoms with Crippen molar-refractivity contribution >= 4 is 12.0 Å². The maximum atomic E-state index is 11.9. The van der Waals surface area contributed by atoms with Gasteiger partial charge in [-0.25, -0.2) is 14.8 Å². The van der Waals surface area contributed by atoms with E-state index < -0.39 is 0 Å². The molecule has 116 valence electrons. The highest BCUT2D eigenvalue weighted by Gasteiger charge is 2.21. The lowest BCUT2D eigenvalue weighted by Crippen LogP contribution is -2.48. The van der Waals surface area contributed by atoms with E-state index >= 15 is 0 Å². The minimum atomic E-state index is -0.149. The van der Waals surface area contributed by atoms with E-state index in [1.165, 1.54) is 0 Å². The number of carbonyl (C=O) groups excluding carboxylic acids is 1. The average molecular weight is 301 g/mol. The third kappa shape index (κ3) is 3.72. The number of anilines is 1. The summed E-state index contributed by atoms with van der Waals surface area (Å²) in [5, 5.41) is 12.5. The van der Waals surface area contributed by atoms with Crippen molar-refractivity contribution in [2.75, 3.05) is 18.0 Å². The zero-order chi connectivity index (χ0) is 15.2. The average Bonchev–Trinajstić information content (AvgIpc) is 3.08. The van der Waals surface area contributed by atoms with Crippen LogP contribution in [0.25, 0.3) is 0 Å². The Balaban J connectivity index is 1.41. The van der Waals surface area contributed by atoms with E-state index in [0.717, 1.165) is 37.6 Å². The molecule has 0 radical (unpaired) electrons. The molecule has 1 aliphatic heterocycles. The predicted molar refractivity (Wildman–Crippen MR) is 81.2 cm³/mol. The maximum absolute atomic E-state index is 11.9. The summed E-state index contributed by atoms with van der Waals surface area (Å²) in [5.74, 6) is 0.754. The van der Waals surface area contributed by atoms with Crippen LogP contribution in [0.5, 0.6) is 0 Å². The van der Waals surface area contributed by atoms with E-state index in [-0.39, 0.29) is 12.1 Å². The summed E-state index contributed by atoms with van der Waals surface area (Å²) >= 11 is 0. The Labute approximate surface area is 128 Å². The zero-order valence-corrected chi connectivity index (χ0v) is 12.2. The van der Waals surface area contributed by atoms with Crippen molar-refractivity contribution in [1.82, 2.24) is 30.8 Å². The van der Waals surface area contributed by atoms with Crippen LogP contribution in [0.1, 0.15) is 18.5 Å². The Morgan fingerprint density at radius 1 is 1.27 bits per heavy atom. The molecule has 0 bridgehead atoms. The molecule has 3 heterocycles. The zero-order valence-electron chi connectivity index (χ0n) is 12.2. The number of urea groups is 1. The molecule has 3 N–H and O–H groups in total. The van der Waals surface area contributed by atoms with Crippen LogP contribution >= 0.6 is 0 Å². The molecule has 1 saturated heterocycles. The van der Waals surface area contributed by atoms with Crippen LogP contribution in [-0.2, 0) is 6.54 Å². The summed E-state index contributed by atoms with van der Waals surface area (Å²) in [6, 6.07) is 3.67. The third-order valence-corrected chi connectivity index (χ3v) is 3.66. The molecule has 1 aliphatic rings. The third-order valence-electron chi connectivity index (χ3n) is 3.66. The van der Waals surface area contributed by atoms with Crippen molar-refractivity contribution in [3.05, 3.63) is 36.4 Å². The van der Waals surface area contributed by atoms with E-state index in [0.29, 0.717) is 6.54 Å². The van der Waals surface area contributed by atoms with Gasteiger partial charge in [0.1, 0.15) is 0 Å². The maximum Gasteiger partial charge on any atom is 0.315 e. The second kappa shape index (κ2) is 6.88. The summed E-state index contributed by atoms with van der Waals surface area (Å²) in [7, 11) is 0. The van der Waals surface area contributed by atoms with Crippen molar-refractivity contribution in [3.63, 3.8) is 0 Å². The first-order valence-corrected chi connectivity index (χ1v) is 7.36. The summed E-state index contributed by atoms with van der Waals surface area (Å²) in [4.78, 5) is 22.5. The Kier molecular flexibility index (Phi) is 4.47. The molecule has 3 rings (SSSR count).